The molecule has 148 valence electrons. The Labute approximate surface area is 168 Å². The molecule has 0 aromatic heterocycles. The molecule has 0 aromatic carbocycles. The molecule has 0 radical (unpaired) electrons. The number of halogens is 1. The van der Waals surface area contributed by atoms with Crippen molar-refractivity contribution in [2.24, 2.45) is 4.99 Å². The molecular weight excluding hydrogens is 457 g/mol. The quantitative estimate of drug-likeness (QED) is 0.271. The van der Waals surface area contributed by atoms with Crippen molar-refractivity contribution in [3.05, 3.63) is 0 Å². The summed E-state index contributed by atoms with van der Waals surface area (Å²) in [6, 6.07) is 0. The number of guanidine groups is 1. The molecule has 0 spiro atoms. The number of hydrogen-bond acceptors (Lipinski definition) is 5. The van der Waals surface area contributed by atoms with Crippen LogP contribution in [0.25, 0.3) is 0 Å². The summed E-state index contributed by atoms with van der Waals surface area (Å²) < 4.78 is 34.6. The number of nitrogens with zero attached hydrogens (tertiary/aromatic N) is 2. The molecule has 0 unspecified atom stereocenters. The van der Waals surface area contributed by atoms with E-state index in [2.05, 4.69) is 10.3 Å². The Morgan fingerprint density at radius 3 is 2.64 bits per heavy atom. The van der Waals surface area contributed by atoms with Crippen molar-refractivity contribution in [1.29, 1.82) is 0 Å². The Bertz CT molecular complexity index is 533. The van der Waals surface area contributed by atoms with Crippen molar-refractivity contribution in [3.8, 4) is 0 Å². The van der Waals surface area contributed by atoms with Gasteiger partial charge in [-0.25, -0.2) is 8.42 Å². The summed E-state index contributed by atoms with van der Waals surface area (Å²) in [6.07, 6.45) is 3.18. The second kappa shape index (κ2) is 10.3. The summed E-state index contributed by atoms with van der Waals surface area (Å²) in [5, 5.41) is 3.32. The second-order valence-electron chi connectivity index (χ2n) is 7.01. The minimum atomic E-state index is -3.03. The van der Waals surface area contributed by atoms with Gasteiger partial charge in [-0.15, -0.1) is 24.0 Å². The van der Waals surface area contributed by atoms with E-state index in [0.717, 1.165) is 45.0 Å². The zero-order valence-electron chi connectivity index (χ0n) is 15.5. The van der Waals surface area contributed by atoms with E-state index < -0.39 is 14.6 Å². The van der Waals surface area contributed by atoms with Crippen molar-refractivity contribution in [2.45, 2.75) is 44.0 Å². The fourth-order valence-corrected chi connectivity index (χ4v) is 4.39. The number of hydrogen-bond donors (Lipinski definition) is 1. The normalized spacial score (nSPS) is 23.8. The first kappa shape index (κ1) is 22.9. The summed E-state index contributed by atoms with van der Waals surface area (Å²) in [4.78, 5) is 6.32. The van der Waals surface area contributed by atoms with Crippen molar-refractivity contribution in [3.63, 3.8) is 0 Å². The molecule has 2 fully saturated rings. The fraction of sp³-hybridized carbons (Fsp3) is 0.938. The molecular formula is C16H32IN3O4S. The molecule has 0 saturated carbocycles. The van der Waals surface area contributed by atoms with E-state index >= 15 is 0 Å². The van der Waals surface area contributed by atoms with E-state index in [1.807, 2.05) is 4.90 Å². The van der Waals surface area contributed by atoms with Gasteiger partial charge in [-0.1, -0.05) is 0 Å². The molecule has 0 bridgehead atoms. The molecule has 2 aliphatic rings. The van der Waals surface area contributed by atoms with E-state index in [0.29, 0.717) is 25.8 Å². The van der Waals surface area contributed by atoms with Gasteiger partial charge in [0, 0.05) is 46.5 Å². The maximum atomic E-state index is 12.1. The molecule has 2 saturated heterocycles. The van der Waals surface area contributed by atoms with Crippen LogP contribution in [0.15, 0.2) is 4.99 Å². The molecule has 1 N–H and O–H groups in total. The first-order valence-corrected chi connectivity index (χ1v) is 10.4. The highest BCUT2D eigenvalue weighted by Gasteiger charge is 2.40. The van der Waals surface area contributed by atoms with Gasteiger partial charge >= 0.3 is 0 Å². The molecule has 2 rings (SSSR count). The van der Waals surface area contributed by atoms with Crippen LogP contribution in [0.5, 0.6) is 0 Å². The van der Waals surface area contributed by atoms with Crippen LogP contribution in [0.2, 0.25) is 0 Å². The molecule has 2 heterocycles. The average Bonchev–Trinajstić information content (AvgIpc) is 2.55. The summed E-state index contributed by atoms with van der Waals surface area (Å²) in [6.45, 7) is 7.59. The highest BCUT2D eigenvalue weighted by atomic mass is 127. The second-order valence-corrected chi connectivity index (χ2v) is 9.75. The largest absolute Gasteiger partial charge is 0.381 e. The standard InChI is InChI=1S/C16H31N3O4S.HI/c1-16(2)13-19(8-12-24(16,20)21)15(17-3)18-7-4-9-23-14-5-10-22-11-6-14;/h14H,4-13H2,1-3H3,(H,17,18);1H. The fourth-order valence-electron chi connectivity index (χ4n) is 3.02. The SMILES string of the molecule is CN=C(NCCCOC1CCOCC1)N1CCS(=O)(=O)C(C)(C)C1.I. The highest BCUT2D eigenvalue weighted by molar-refractivity contribution is 14.0. The Kier molecular flexibility index (Phi) is 9.41. The minimum absolute atomic E-state index is 0. The maximum Gasteiger partial charge on any atom is 0.193 e. The molecule has 9 heteroatoms. The monoisotopic (exact) mass is 489 g/mol. The van der Waals surface area contributed by atoms with Crippen LogP contribution in [-0.4, -0.2) is 82.4 Å². The Morgan fingerprint density at radius 2 is 2.04 bits per heavy atom. The van der Waals surface area contributed by atoms with E-state index in [4.69, 9.17) is 9.47 Å². The first-order valence-electron chi connectivity index (χ1n) is 8.73. The summed E-state index contributed by atoms with van der Waals surface area (Å²) in [7, 11) is -1.30. The van der Waals surface area contributed by atoms with Gasteiger partial charge in [0.25, 0.3) is 0 Å². The van der Waals surface area contributed by atoms with Crippen molar-refractivity contribution in [1.82, 2.24) is 10.2 Å². The Balaban J connectivity index is 0.00000312. The van der Waals surface area contributed by atoms with Crippen LogP contribution in [0.3, 0.4) is 0 Å². The summed E-state index contributed by atoms with van der Waals surface area (Å²) >= 11 is 0. The van der Waals surface area contributed by atoms with Gasteiger partial charge in [-0.05, 0) is 33.1 Å². The van der Waals surface area contributed by atoms with Gasteiger partial charge in [-0.3, -0.25) is 4.99 Å². The van der Waals surface area contributed by atoms with Gasteiger partial charge in [0.15, 0.2) is 15.8 Å². The lowest BCUT2D eigenvalue weighted by atomic mass is 10.1. The lowest BCUT2D eigenvalue weighted by molar-refractivity contribution is -0.0320. The van der Waals surface area contributed by atoms with Gasteiger partial charge in [0.05, 0.1) is 16.6 Å². The molecule has 7 nitrogen and oxygen atoms in total. The van der Waals surface area contributed by atoms with Gasteiger partial charge < -0.3 is 19.7 Å². The lowest BCUT2D eigenvalue weighted by Gasteiger charge is -2.39. The third kappa shape index (κ3) is 6.51. The van der Waals surface area contributed by atoms with Crippen LogP contribution in [0.4, 0.5) is 0 Å². The molecule has 0 amide bonds. The van der Waals surface area contributed by atoms with Crippen LogP contribution in [-0.2, 0) is 19.3 Å². The number of rotatable bonds is 5. The maximum absolute atomic E-state index is 12.1. The number of sulfone groups is 1. The minimum Gasteiger partial charge on any atom is -0.381 e. The Morgan fingerprint density at radius 1 is 1.36 bits per heavy atom. The van der Waals surface area contributed by atoms with Crippen molar-refractivity contribution in [2.75, 3.05) is 52.3 Å². The van der Waals surface area contributed by atoms with Gasteiger partial charge in [-0.2, -0.15) is 0 Å². The summed E-state index contributed by atoms with van der Waals surface area (Å²) in [5.41, 5.74) is 0. The highest BCUT2D eigenvalue weighted by Crippen LogP contribution is 2.23. The predicted molar refractivity (Wildman–Crippen MR) is 111 cm³/mol. The smallest absolute Gasteiger partial charge is 0.193 e. The van der Waals surface area contributed by atoms with Gasteiger partial charge in [0.1, 0.15) is 0 Å². The lowest BCUT2D eigenvalue weighted by Crippen LogP contribution is -2.57. The summed E-state index contributed by atoms with van der Waals surface area (Å²) in [5.74, 6) is 0.942. The zero-order chi connectivity index (χ0) is 17.6. The zero-order valence-corrected chi connectivity index (χ0v) is 18.6. The van der Waals surface area contributed by atoms with Crippen LogP contribution >= 0.6 is 24.0 Å². The van der Waals surface area contributed by atoms with E-state index in [1.165, 1.54) is 0 Å². The molecule has 25 heavy (non-hydrogen) atoms. The van der Waals surface area contributed by atoms with Crippen LogP contribution < -0.4 is 5.32 Å². The third-order valence-corrected chi connectivity index (χ3v) is 7.21. The van der Waals surface area contributed by atoms with Crippen LogP contribution in [0.1, 0.15) is 33.1 Å². The first-order chi connectivity index (χ1) is 11.4. The number of aliphatic imine (C=N–C) groups is 1. The van der Waals surface area contributed by atoms with Gasteiger partial charge in [0.2, 0.25) is 0 Å². The topological polar surface area (TPSA) is 80.2 Å². The Hall–Kier alpha value is -0.130. The molecule has 0 aromatic rings. The van der Waals surface area contributed by atoms with E-state index in [1.54, 1.807) is 20.9 Å². The van der Waals surface area contributed by atoms with Crippen molar-refractivity contribution < 1.29 is 17.9 Å². The van der Waals surface area contributed by atoms with Crippen molar-refractivity contribution >= 4 is 39.8 Å². The van der Waals surface area contributed by atoms with Crippen LogP contribution in [0, 0.1) is 0 Å². The predicted octanol–water partition coefficient (Wildman–Crippen LogP) is 1.27. The molecule has 2 aliphatic heterocycles. The molecule has 0 atom stereocenters. The van der Waals surface area contributed by atoms with E-state index in [9.17, 15) is 8.42 Å². The van der Waals surface area contributed by atoms with E-state index in [-0.39, 0.29) is 29.7 Å². The number of nitrogens with one attached hydrogen (secondary N) is 1. The molecule has 0 aliphatic carbocycles. The average molecular weight is 489 g/mol. The third-order valence-electron chi connectivity index (χ3n) is 4.68. The number of ether oxygens (including phenoxy) is 2.